The second-order valence-electron chi connectivity index (χ2n) is 4.99. The van der Waals surface area contributed by atoms with Gasteiger partial charge in [0, 0.05) is 26.1 Å². The molecule has 0 aliphatic carbocycles. The number of amides is 2. The summed E-state index contributed by atoms with van der Waals surface area (Å²) in [4.78, 5) is 25.1. The third kappa shape index (κ3) is 3.07. The van der Waals surface area contributed by atoms with Crippen LogP contribution in [0.15, 0.2) is 18.2 Å². The van der Waals surface area contributed by atoms with Gasteiger partial charge in [0.05, 0.1) is 11.3 Å². The fourth-order valence-corrected chi connectivity index (χ4v) is 2.46. The molecule has 6 heteroatoms. The second-order valence-corrected chi connectivity index (χ2v) is 4.99. The Morgan fingerprint density at radius 2 is 2.20 bits per heavy atom. The lowest BCUT2D eigenvalue weighted by Crippen LogP contribution is -2.49. The van der Waals surface area contributed by atoms with Crippen molar-refractivity contribution in [3.05, 3.63) is 29.6 Å². The molecule has 0 bridgehead atoms. The van der Waals surface area contributed by atoms with Crippen LogP contribution < -0.4 is 11.1 Å². The van der Waals surface area contributed by atoms with Crippen LogP contribution in [0, 0.1) is 5.82 Å². The smallest absolute Gasteiger partial charge is 0.256 e. The van der Waals surface area contributed by atoms with Crippen molar-refractivity contribution in [3.63, 3.8) is 0 Å². The number of halogens is 1. The van der Waals surface area contributed by atoms with E-state index in [-0.39, 0.29) is 29.1 Å². The van der Waals surface area contributed by atoms with E-state index in [0.717, 1.165) is 12.8 Å². The van der Waals surface area contributed by atoms with E-state index in [0.29, 0.717) is 13.1 Å². The molecule has 108 valence electrons. The van der Waals surface area contributed by atoms with Gasteiger partial charge < -0.3 is 16.0 Å². The van der Waals surface area contributed by atoms with Crippen molar-refractivity contribution in [3.8, 4) is 0 Å². The summed E-state index contributed by atoms with van der Waals surface area (Å²) >= 11 is 0. The lowest BCUT2D eigenvalue weighted by Gasteiger charge is -2.33. The van der Waals surface area contributed by atoms with Crippen LogP contribution in [0.25, 0.3) is 0 Å². The second kappa shape index (κ2) is 5.90. The molecular weight excluding hydrogens is 261 g/mol. The fourth-order valence-electron chi connectivity index (χ4n) is 2.46. The number of carbonyl (C=O) groups excluding carboxylic acids is 2. The normalized spacial score (nSPS) is 18.7. The summed E-state index contributed by atoms with van der Waals surface area (Å²) in [6, 6.07) is 4.15. The first kappa shape index (κ1) is 14.3. The van der Waals surface area contributed by atoms with Gasteiger partial charge in [-0.3, -0.25) is 9.59 Å². The van der Waals surface area contributed by atoms with Crippen molar-refractivity contribution in [2.45, 2.75) is 25.8 Å². The van der Waals surface area contributed by atoms with Gasteiger partial charge in [-0.1, -0.05) is 6.07 Å². The highest BCUT2D eigenvalue weighted by atomic mass is 19.1. The third-order valence-electron chi connectivity index (χ3n) is 3.40. The van der Waals surface area contributed by atoms with E-state index < -0.39 is 5.82 Å². The number of nitrogen functional groups attached to an aromatic ring is 1. The van der Waals surface area contributed by atoms with Crippen molar-refractivity contribution in [1.29, 1.82) is 0 Å². The molecule has 5 nitrogen and oxygen atoms in total. The van der Waals surface area contributed by atoms with Crippen LogP contribution >= 0.6 is 0 Å². The number of nitrogens with zero attached hydrogens (tertiary/aromatic N) is 1. The third-order valence-corrected chi connectivity index (χ3v) is 3.40. The van der Waals surface area contributed by atoms with E-state index in [4.69, 9.17) is 5.73 Å². The number of nitrogens with two attached hydrogens (primary N) is 1. The summed E-state index contributed by atoms with van der Waals surface area (Å²) in [6.45, 7) is 2.46. The number of para-hydroxylation sites is 1. The summed E-state index contributed by atoms with van der Waals surface area (Å²) < 4.78 is 13.4. The van der Waals surface area contributed by atoms with Gasteiger partial charge in [0.1, 0.15) is 5.82 Å². The Balaban J connectivity index is 2.12. The van der Waals surface area contributed by atoms with Crippen LogP contribution in [0.2, 0.25) is 0 Å². The highest BCUT2D eigenvalue weighted by molar-refractivity contribution is 5.99. The minimum absolute atomic E-state index is 0.0556. The van der Waals surface area contributed by atoms with Crippen molar-refractivity contribution >= 4 is 17.5 Å². The number of anilines is 1. The SMILES string of the molecule is CC(=O)NC1CCCN(C(=O)c2cccc(F)c2N)C1. The number of piperidine rings is 1. The molecule has 0 spiro atoms. The van der Waals surface area contributed by atoms with Crippen molar-refractivity contribution in [2.24, 2.45) is 0 Å². The molecule has 0 aromatic heterocycles. The Hall–Kier alpha value is -2.11. The fraction of sp³-hybridized carbons (Fsp3) is 0.429. The standard InChI is InChI=1S/C14H18FN3O2/c1-9(19)17-10-4-3-7-18(8-10)14(20)11-5-2-6-12(15)13(11)16/h2,5-6,10H,3-4,7-8,16H2,1H3,(H,17,19). The molecule has 0 radical (unpaired) electrons. The summed E-state index contributed by atoms with van der Waals surface area (Å²) in [6.07, 6.45) is 1.63. The van der Waals surface area contributed by atoms with E-state index in [1.54, 1.807) is 4.90 Å². The minimum Gasteiger partial charge on any atom is -0.396 e. The monoisotopic (exact) mass is 279 g/mol. The molecule has 1 atom stereocenters. The molecular formula is C14H18FN3O2. The molecule has 1 aromatic rings. The zero-order valence-electron chi connectivity index (χ0n) is 11.4. The number of benzene rings is 1. The molecule has 20 heavy (non-hydrogen) atoms. The molecule has 1 heterocycles. The summed E-state index contributed by atoms with van der Waals surface area (Å²) in [5.41, 5.74) is 5.66. The molecule has 1 aliphatic rings. The summed E-state index contributed by atoms with van der Waals surface area (Å²) in [5.74, 6) is -1.00. The summed E-state index contributed by atoms with van der Waals surface area (Å²) in [7, 11) is 0. The number of hydrogen-bond donors (Lipinski definition) is 2. The molecule has 1 fully saturated rings. The van der Waals surface area contributed by atoms with Gasteiger partial charge >= 0.3 is 0 Å². The maximum absolute atomic E-state index is 13.4. The van der Waals surface area contributed by atoms with Crippen molar-refractivity contribution in [1.82, 2.24) is 10.2 Å². The molecule has 2 amide bonds. The zero-order chi connectivity index (χ0) is 14.7. The van der Waals surface area contributed by atoms with Gasteiger partial charge in [-0.15, -0.1) is 0 Å². The average molecular weight is 279 g/mol. The molecule has 2 rings (SSSR count). The number of carbonyl (C=O) groups is 2. The zero-order valence-corrected chi connectivity index (χ0v) is 11.4. The van der Waals surface area contributed by atoms with Crippen LogP contribution in [0.3, 0.4) is 0 Å². The predicted octanol–water partition coefficient (Wildman–Crippen LogP) is 1.15. The summed E-state index contributed by atoms with van der Waals surface area (Å²) in [5, 5.41) is 2.81. The molecule has 0 saturated carbocycles. The van der Waals surface area contributed by atoms with Crippen molar-refractivity contribution < 1.29 is 14.0 Å². The number of hydrogen-bond acceptors (Lipinski definition) is 3. The molecule has 1 saturated heterocycles. The lowest BCUT2D eigenvalue weighted by molar-refractivity contribution is -0.120. The maximum Gasteiger partial charge on any atom is 0.256 e. The maximum atomic E-state index is 13.4. The van der Waals surface area contributed by atoms with Crippen LogP contribution in [0.4, 0.5) is 10.1 Å². The lowest BCUT2D eigenvalue weighted by atomic mass is 10.0. The molecule has 3 N–H and O–H groups in total. The average Bonchev–Trinajstić information content (AvgIpc) is 2.41. The first-order valence-corrected chi connectivity index (χ1v) is 6.59. The Morgan fingerprint density at radius 3 is 2.90 bits per heavy atom. The van der Waals surface area contributed by atoms with E-state index >= 15 is 0 Å². The van der Waals surface area contributed by atoms with Gasteiger partial charge in [0.25, 0.3) is 5.91 Å². The predicted molar refractivity (Wildman–Crippen MR) is 73.6 cm³/mol. The van der Waals surface area contributed by atoms with Crippen LogP contribution in [0.1, 0.15) is 30.1 Å². The Kier molecular flexibility index (Phi) is 4.22. The van der Waals surface area contributed by atoms with Gasteiger partial charge in [-0.25, -0.2) is 4.39 Å². The highest BCUT2D eigenvalue weighted by Crippen LogP contribution is 2.20. The van der Waals surface area contributed by atoms with Crippen molar-refractivity contribution in [2.75, 3.05) is 18.8 Å². The largest absolute Gasteiger partial charge is 0.396 e. The Labute approximate surface area is 116 Å². The van der Waals surface area contributed by atoms with E-state index in [9.17, 15) is 14.0 Å². The van der Waals surface area contributed by atoms with Crippen LogP contribution in [-0.2, 0) is 4.79 Å². The van der Waals surface area contributed by atoms with Gasteiger partial charge in [0.15, 0.2) is 0 Å². The molecule has 1 aliphatic heterocycles. The molecule has 1 unspecified atom stereocenters. The number of rotatable bonds is 2. The minimum atomic E-state index is -0.591. The molecule has 1 aromatic carbocycles. The number of likely N-dealkylation sites (tertiary alicyclic amines) is 1. The van der Waals surface area contributed by atoms with Crippen LogP contribution in [0.5, 0.6) is 0 Å². The van der Waals surface area contributed by atoms with E-state index in [2.05, 4.69) is 5.32 Å². The quantitative estimate of drug-likeness (QED) is 0.797. The van der Waals surface area contributed by atoms with E-state index in [1.165, 1.54) is 25.1 Å². The Bertz CT molecular complexity index is 533. The first-order valence-electron chi connectivity index (χ1n) is 6.59. The first-order chi connectivity index (χ1) is 9.49. The Morgan fingerprint density at radius 1 is 1.45 bits per heavy atom. The number of nitrogens with one attached hydrogen (secondary N) is 1. The topological polar surface area (TPSA) is 75.4 Å². The van der Waals surface area contributed by atoms with Gasteiger partial charge in [0.2, 0.25) is 5.91 Å². The van der Waals surface area contributed by atoms with Gasteiger partial charge in [-0.2, -0.15) is 0 Å². The van der Waals surface area contributed by atoms with Crippen LogP contribution in [-0.4, -0.2) is 35.8 Å². The van der Waals surface area contributed by atoms with Gasteiger partial charge in [-0.05, 0) is 25.0 Å². The van der Waals surface area contributed by atoms with E-state index in [1.807, 2.05) is 0 Å². The highest BCUT2D eigenvalue weighted by Gasteiger charge is 2.26.